The van der Waals surface area contributed by atoms with Crippen LogP contribution in [0.4, 0.5) is 11.4 Å². The van der Waals surface area contributed by atoms with Gasteiger partial charge in [0.05, 0.1) is 35.8 Å². The molecule has 0 bridgehead atoms. The third-order valence-electron chi connectivity index (χ3n) is 2.84. The summed E-state index contributed by atoms with van der Waals surface area (Å²) in [5.41, 5.74) is -0.356. The predicted molar refractivity (Wildman–Crippen MR) is 83.5 cm³/mol. The Kier molecular flexibility index (Phi) is 7.34. The lowest BCUT2D eigenvalue weighted by molar-refractivity contribution is -0.384. The van der Waals surface area contributed by atoms with E-state index in [9.17, 15) is 24.5 Å². The molecule has 0 aliphatic rings. The molecule has 1 rings (SSSR count). The standard InChI is InChI=1S/C15H18N2O7/c1-3-23-14(19)8-7-13(18)16-12-6-5-10(17(21)22)9-11(12)15(20)24-4-2/h5-6,9H,3-4,7-8H2,1-2H3,(H,16,18). The van der Waals surface area contributed by atoms with Crippen LogP contribution in [0.2, 0.25) is 0 Å². The van der Waals surface area contributed by atoms with E-state index in [0.29, 0.717) is 0 Å². The van der Waals surface area contributed by atoms with Crippen LogP contribution in [0.5, 0.6) is 0 Å². The summed E-state index contributed by atoms with van der Waals surface area (Å²) < 4.78 is 9.54. The van der Waals surface area contributed by atoms with Gasteiger partial charge in [-0.15, -0.1) is 0 Å². The summed E-state index contributed by atoms with van der Waals surface area (Å²) in [4.78, 5) is 45.2. The zero-order valence-electron chi connectivity index (χ0n) is 13.4. The number of nitrogens with one attached hydrogen (secondary N) is 1. The van der Waals surface area contributed by atoms with E-state index in [0.717, 1.165) is 12.1 Å². The maximum atomic E-state index is 11.9. The average Bonchev–Trinajstić information content (AvgIpc) is 2.53. The highest BCUT2D eigenvalue weighted by Gasteiger charge is 2.19. The number of non-ortho nitro benzene ring substituents is 1. The molecule has 1 amide bonds. The first-order valence-electron chi connectivity index (χ1n) is 7.30. The monoisotopic (exact) mass is 338 g/mol. The number of hydrogen-bond donors (Lipinski definition) is 1. The van der Waals surface area contributed by atoms with Crippen LogP contribution < -0.4 is 5.32 Å². The summed E-state index contributed by atoms with van der Waals surface area (Å²) in [6.07, 6.45) is -0.251. The average molecular weight is 338 g/mol. The van der Waals surface area contributed by atoms with Crippen molar-refractivity contribution in [3.05, 3.63) is 33.9 Å². The fourth-order valence-electron chi connectivity index (χ4n) is 1.79. The quantitative estimate of drug-likeness (QED) is 0.437. The van der Waals surface area contributed by atoms with Crippen LogP contribution in [-0.4, -0.2) is 36.0 Å². The molecule has 1 aromatic rings. The summed E-state index contributed by atoms with van der Waals surface area (Å²) >= 11 is 0. The van der Waals surface area contributed by atoms with E-state index >= 15 is 0 Å². The van der Waals surface area contributed by atoms with Crippen molar-refractivity contribution in [1.29, 1.82) is 0 Å². The van der Waals surface area contributed by atoms with Gasteiger partial charge in [-0.2, -0.15) is 0 Å². The molecule has 0 saturated heterocycles. The van der Waals surface area contributed by atoms with Gasteiger partial charge in [-0.25, -0.2) is 4.79 Å². The Labute approximate surface area is 138 Å². The topological polar surface area (TPSA) is 125 Å². The lowest BCUT2D eigenvalue weighted by atomic mass is 10.1. The molecule has 0 atom stereocenters. The van der Waals surface area contributed by atoms with Crippen molar-refractivity contribution in [1.82, 2.24) is 0 Å². The molecule has 130 valence electrons. The third kappa shape index (κ3) is 5.67. The first kappa shape index (κ1) is 19.1. The molecular weight excluding hydrogens is 320 g/mol. The number of carbonyl (C=O) groups is 3. The number of nitro groups is 1. The van der Waals surface area contributed by atoms with Gasteiger partial charge >= 0.3 is 11.9 Å². The molecule has 0 aromatic heterocycles. The van der Waals surface area contributed by atoms with Gasteiger partial charge in [-0.05, 0) is 19.9 Å². The van der Waals surface area contributed by atoms with E-state index in [1.807, 2.05) is 0 Å². The normalized spacial score (nSPS) is 9.92. The van der Waals surface area contributed by atoms with Crippen LogP contribution >= 0.6 is 0 Å². The Morgan fingerprint density at radius 1 is 1.12 bits per heavy atom. The van der Waals surface area contributed by atoms with Gasteiger partial charge in [-0.1, -0.05) is 0 Å². The van der Waals surface area contributed by atoms with Crippen molar-refractivity contribution in [3.8, 4) is 0 Å². The van der Waals surface area contributed by atoms with Crippen molar-refractivity contribution in [2.75, 3.05) is 18.5 Å². The Balaban J connectivity index is 2.89. The molecular formula is C15H18N2O7. The molecule has 9 nitrogen and oxygen atoms in total. The highest BCUT2D eigenvalue weighted by molar-refractivity contribution is 6.02. The number of esters is 2. The number of nitrogens with zero attached hydrogens (tertiary/aromatic N) is 1. The van der Waals surface area contributed by atoms with Gasteiger partial charge in [0.2, 0.25) is 5.91 Å². The molecule has 1 aromatic carbocycles. The molecule has 24 heavy (non-hydrogen) atoms. The Morgan fingerprint density at radius 3 is 2.38 bits per heavy atom. The first-order valence-corrected chi connectivity index (χ1v) is 7.30. The summed E-state index contributed by atoms with van der Waals surface area (Å²) in [7, 11) is 0. The number of hydrogen-bond acceptors (Lipinski definition) is 7. The summed E-state index contributed by atoms with van der Waals surface area (Å²) in [6.45, 7) is 3.54. The predicted octanol–water partition coefficient (Wildman–Crippen LogP) is 2.05. The number of carbonyl (C=O) groups excluding carboxylic acids is 3. The molecule has 0 unspecified atom stereocenters. The van der Waals surface area contributed by atoms with E-state index in [1.165, 1.54) is 6.07 Å². The van der Waals surface area contributed by atoms with Crippen molar-refractivity contribution in [2.24, 2.45) is 0 Å². The minimum absolute atomic E-state index is 0.0768. The molecule has 0 fully saturated rings. The second kappa shape index (κ2) is 9.23. The summed E-state index contributed by atoms with van der Waals surface area (Å²) in [5.74, 6) is -1.83. The fraction of sp³-hybridized carbons (Fsp3) is 0.400. The third-order valence-corrected chi connectivity index (χ3v) is 2.84. The van der Waals surface area contributed by atoms with Crippen LogP contribution in [0.1, 0.15) is 37.0 Å². The Hall–Kier alpha value is -2.97. The lowest BCUT2D eigenvalue weighted by Gasteiger charge is -2.10. The second-order valence-corrected chi connectivity index (χ2v) is 4.56. The molecule has 9 heteroatoms. The van der Waals surface area contributed by atoms with Gasteiger partial charge in [0, 0.05) is 18.6 Å². The number of ether oxygens (including phenoxy) is 2. The first-order chi connectivity index (χ1) is 11.4. The fourth-order valence-corrected chi connectivity index (χ4v) is 1.79. The molecule has 1 N–H and O–H groups in total. The van der Waals surface area contributed by atoms with E-state index in [-0.39, 0.29) is 43.0 Å². The van der Waals surface area contributed by atoms with Crippen LogP contribution in [0.25, 0.3) is 0 Å². The van der Waals surface area contributed by atoms with Gasteiger partial charge < -0.3 is 14.8 Å². The van der Waals surface area contributed by atoms with E-state index in [4.69, 9.17) is 9.47 Å². The summed E-state index contributed by atoms with van der Waals surface area (Å²) in [6, 6.07) is 3.43. The maximum Gasteiger partial charge on any atom is 0.340 e. The second-order valence-electron chi connectivity index (χ2n) is 4.56. The summed E-state index contributed by atoms with van der Waals surface area (Å²) in [5, 5.41) is 13.3. The van der Waals surface area contributed by atoms with Crippen molar-refractivity contribution in [3.63, 3.8) is 0 Å². The minimum atomic E-state index is -0.790. The van der Waals surface area contributed by atoms with Gasteiger partial charge in [0.15, 0.2) is 0 Å². The van der Waals surface area contributed by atoms with Crippen molar-refractivity contribution < 1.29 is 28.8 Å². The minimum Gasteiger partial charge on any atom is -0.466 e. The number of benzene rings is 1. The van der Waals surface area contributed by atoms with Crippen LogP contribution in [-0.2, 0) is 19.1 Å². The highest BCUT2D eigenvalue weighted by Crippen LogP contribution is 2.23. The SMILES string of the molecule is CCOC(=O)CCC(=O)Nc1ccc([N+](=O)[O-])cc1C(=O)OCC. The number of nitro benzene ring substituents is 1. The highest BCUT2D eigenvalue weighted by atomic mass is 16.6. The van der Waals surface area contributed by atoms with Gasteiger partial charge in [0.1, 0.15) is 0 Å². The van der Waals surface area contributed by atoms with Crippen molar-refractivity contribution in [2.45, 2.75) is 26.7 Å². The number of amides is 1. The number of rotatable bonds is 8. The van der Waals surface area contributed by atoms with E-state index < -0.39 is 22.8 Å². The van der Waals surface area contributed by atoms with E-state index in [1.54, 1.807) is 13.8 Å². The molecule has 0 spiro atoms. The van der Waals surface area contributed by atoms with E-state index in [2.05, 4.69) is 5.32 Å². The number of anilines is 1. The van der Waals surface area contributed by atoms with Crippen LogP contribution in [0.15, 0.2) is 18.2 Å². The largest absolute Gasteiger partial charge is 0.466 e. The molecule has 0 radical (unpaired) electrons. The molecule has 0 aliphatic heterocycles. The van der Waals surface area contributed by atoms with Crippen LogP contribution in [0, 0.1) is 10.1 Å². The molecule has 0 saturated carbocycles. The Morgan fingerprint density at radius 2 is 1.79 bits per heavy atom. The molecule has 0 heterocycles. The lowest BCUT2D eigenvalue weighted by Crippen LogP contribution is -2.17. The smallest absolute Gasteiger partial charge is 0.340 e. The maximum absolute atomic E-state index is 11.9. The van der Waals surface area contributed by atoms with Gasteiger partial charge in [-0.3, -0.25) is 19.7 Å². The van der Waals surface area contributed by atoms with Crippen LogP contribution in [0.3, 0.4) is 0 Å². The molecule has 0 aliphatic carbocycles. The van der Waals surface area contributed by atoms with Gasteiger partial charge in [0.25, 0.3) is 5.69 Å². The zero-order valence-corrected chi connectivity index (χ0v) is 13.4. The van der Waals surface area contributed by atoms with Crippen molar-refractivity contribution >= 4 is 29.2 Å². The Bertz CT molecular complexity index is 643. The zero-order chi connectivity index (χ0) is 18.1.